The molecule has 1 aliphatic heterocycles. The van der Waals surface area contributed by atoms with Crippen molar-refractivity contribution in [2.45, 2.75) is 64.3 Å². The quantitative estimate of drug-likeness (QED) is 0.292. The van der Waals surface area contributed by atoms with Crippen molar-refractivity contribution in [1.29, 1.82) is 0 Å². The summed E-state index contributed by atoms with van der Waals surface area (Å²) in [6.45, 7) is 3.74. The maximum Gasteiger partial charge on any atom is 0.222 e. The molecule has 1 aliphatic rings. The molecular weight excluding hydrogens is 412 g/mol. The third-order valence-electron chi connectivity index (χ3n) is 4.45. The standard InChI is InChI=1S/C19H34N2O4S2.CH4O/c1-16(22)7-3-4-9-18(23)20-11-14-27-26-13-6-10-19(24)21-12-5-8-17(21)15-25-2;1-2/h17H,3-15H2,1-2H3,(H,20,23);2H,1H3. The lowest BCUT2D eigenvalue weighted by Gasteiger charge is -2.24. The van der Waals surface area contributed by atoms with Gasteiger partial charge < -0.3 is 24.9 Å². The first-order valence-corrected chi connectivity index (χ1v) is 12.8. The first kappa shape index (κ1) is 28.2. The molecule has 1 saturated heterocycles. The van der Waals surface area contributed by atoms with Crippen LogP contribution in [0.25, 0.3) is 0 Å². The van der Waals surface area contributed by atoms with Crippen molar-refractivity contribution < 1.29 is 24.2 Å². The van der Waals surface area contributed by atoms with E-state index in [1.165, 1.54) is 0 Å². The molecule has 170 valence electrons. The largest absolute Gasteiger partial charge is 0.400 e. The number of aliphatic hydroxyl groups is 1. The first-order chi connectivity index (χ1) is 14.0. The molecule has 0 bridgehead atoms. The molecule has 0 aromatic heterocycles. The average molecular weight is 451 g/mol. The van der Waals surface area contributed by atoms with Gasteiger partial charge in [-0.3, -0.25) is 9.59 Å². The van der Waals surface area contributed by atoms with E-state index in [4.69, 9.17) is 9.84 Å². The number of methoxy groups -OCH3 is 1. The van der Waals surface area contributed by atoms with Crippen LogP contribution in [0.15, 0.2) is 0 Å². The number of likely N-dealkylation sites (tertiary alicyclic amines) is 1. The van der Waals surface area contributed by atoms with Crippen molar-refractivity contribution in [1.82, 2.24) is 10.2 Å². The summed E-state index contributed by atoms with van der Waals surface area (Å²) in [5.74, 6) is 2.29. The Balaban J connectivity index is 0.00000379. The number of hydrogen-bond donors (Lipinski definition) is 2. The molecule has 0 aromatic carbocycles. The van der Waals surface area contributed by atoms with Crippen LogP contribution in [0.3, 0.4) is 0 Å². The van der Waals surface area contributed by atoms with Crippen LogP contribution in [-0.4, -0.2) is 79.1 Å². The highest BCUT2D eigenvalue weighted by Gasteiger charge is 2.27. The Morgan fingerprint density at radius 2 is 1.76 bits per heavy atom. The molecule has 0 saturated carbocycles. The summed E-state index contributed by atoms with van der Waals surface area (Å²) in [5.41, 5.74) is 0. The molecule has 1 heterocycles. The minimum Gasteiger partial charge on any atom is -0.400 e. The van der Waals surface area contributed by atoms with Crippen molar-refractivity contribution in [3.63, 3.8) is 0 Å². The smallest absolute Gasteiger partial charge is 0.222 e. The highest BCUT2D eigenvalue weighted by atomic mass is 33.1. The fourth-order valence-electron chi connectivity index (χ4n) is 3.05. The number of nitrogens with zero attached hydrogens (tertiary/aromatic N) is 1. The van der Waals surface area contributed by atoms with Crippen LogP contribution in [-0.2, 0) is 19.1 Å². The van der Waals surface area contributed by atoms with E-state index in [1.807, 2.05) is 4.90 Å². The zero-order valence-corrected chi connectivity index (χ0v) is 19.7. The van der Waals surface area contributed by atoms with Crippen molar-refractivity contribution in [3.05, 3.63) is 0 Å². The van der Waals surface area contributed by atoms with Crippen molar-refractivity contribution in [3.8, 4) is 0 Å². The van der Waals surface area contributed by atoms with E-state index in [0.29, 0.717) is 32.4 Å². The first-order valence-electron chi connectivity index (χ1n) is 10.3. The molecule has 0 aromatic rings. The summed E-state index contributed by atoms with van der Waals surface area (Å²) in [6, 6.07) is 0.260. The number of amides is 2. The number of rotatable bonds is 15. The lowest BCUT2D eigenvalue weighted by molar-refractivity contribution is -0.133. The van der Waals surface area contributed by atoms with E-state index < -0.39 is 0 Å². The fourth-order valence-corrected chi connectivity index (χ4v) is 5.05. The average Bonchev–Trinajstić information content (AvgIpc) is 3.17. The molecular formula is C20H38N2O5S2. The molecule has 2 amide bonds. The molecule has 1 atom stereocenters. The molecule has 0 aliphatic carbocycles. The Labute approximate surface area is 183 Å². The van der Waals surface area contributed by atoms with Crippen molar-refractivity contribution in [2.75, 3.05) is 45.4 Å². The van der Waals surface area contributed by atoms with E-state index in [2.05, 4.69) is 5.32 Å². The number of aliphatic hydroxyl groups excluding tert-OH is 1. The van der Waals surface area contributed by atoms with Gasteiger partial charge in [0, 0.05) is 58.1 Å². The van der Waals surface area contributed by atoms with Crippen molar-refractivity contribution >= 4 is 39.2 Å². The maximum atomic E-state index is 12.3. The lowest BCUT2D eigenvalue weighted by atomic mass is 10.1. The third kappa shape index (κ3) is 14.8. The molecule has 7 nitrogen and oxygen atoms in total. The highest BCUT2D eigenvalue weighted by Crippen LogP contribution is 2.23. The van der Waals surface area contributed by atoms with Gasteiger partial charge in [-0.05, 0) is 39.0 Å². The third-order valence-corrected chi connectivity index (χ3v) is 6.94. The fraction of sp³-hybridized carbons (Fsp3) is 0.850. The van der Waals surface area contributed by atoms with Crippen LogP contribution >= 0.6 is 21.6 Å². The van der Waals surface area contributed by atoms with Crippen LogP contribution < -0.4 is 5.32 Å². The second-order valence-electron chi connectivity index (χ2n) is 6.85. The monoisotopic (exact) mass is 450 g/mol. The van der Waals surface area contributed by atoms with Gasteiger partial charge in [0.25, 0.3) is 0 Å². The van der Waals surface area contributed by atoms with Gasteiger partial charge in [0.2, 0.25) is 11.8 Å². The Kier molecular flexibility index (Phi) is 18.7. The van der Waals surface area contributed by atoms with Gasteiger partial charge >= 0.3 is 0 Å². The summed E-state index contributed by atoms with van der Waals surface area (Å²) >= 11 is 0. The molecule has 1 rings (SSSR count). The van der Waals surface area contributed by atoms with Gasteiger partial charge in [-0.1, -0.05) is 21.6 Å². The molecule has 1 fully saturated rings. The zero-order valence-electron chi connectivity index (χ0n) is 18.1. The lowest BCUT2D eigenvalue weighted by Crippen LogP contribution is -2.38. The second-order valence-corrected chi connectivity index (χ2v) is 9.55. The van der Waals surface area contributed by atoms with E-state index >= 15 is 0 Å². The number of hydrogen-bond acceptors (Lipinski definition) is 7. The normalized spacial score (nSPS) is 15.6. The summed E-state index contributed by atoms with van der Waals surface area (Å²) in [4.78, 5) is 36.7. The predicted molar refractivity (Wildman–Crippen MR) is 121 cm³/mol. The Morgan fingerprint density at radius 1 is 1.07 bits per heavy atom. The predicted octanol–water partition coefficient (Wildman–Crippen LogP) is 2.66. The minimum absolute atomic E-state index is 0.0611. The van der Waals surface area contributed by atoms with Crippen LogP contribution in [0.1, 0.15) is 58.3 Å². The molecule has 1 unspecified atom stereocenters. The van der Waals surface area contributed by atoms with E-state index in [0.717, 1.165) is 57.3 Å². The number of unbranched alkanes of at least 4 members (excludes halogenated alkanes) is 1. The van der Waals surface area contributed by atoms with Gasteiger partial charge in [0.1, 0.15) is 5.78 Å². The van der Waals surface area contributed by atoms with Crippen LogP contribution in [0, 0.1) is 0 Å². The van der Waals surface area contributed by atoms with Crippen LogP contribution in [0.4, 0.5) is 0 Å². The highest BCUT2D eigenvalue weighted by molar-refractivity contribution is 8.76. The van der Waals surface area contributed by atoms with Gasteiger partial charge in [-0.15, -0.1) is 0 Å². The van der Waals surface area contributed by atoms with Crippen LogP contribution in [0.2, 0.25) is 0 Å². The molecule has 9 heteroatoms. The van der Waals surface area contributed by atoms with E-state index in [9.17, 15) is 14.4 Å². The SMILES string of the molecule is CO.COCC1CCCN1C(=O)CCCSSCCNC(=O)CCCCC(C)=O. The number of ketones is 1. The topological polar surface area (TPSA) is 95.9 Å². The summed E-state index contributed by atoms with van der Waals surface area (Å²) in [6.07, 6.45) is 6.22. The number of nitrogens with one attached hydrogen (secondary N) is 1. The molecule has 0 spiro atoms. The number of carbonyl (C=O) groups excluding carboxylic acids is 3. The van der Waals surface area contributed by atoms with E-state index in [-0.39, 0.29) is 23.6 Å². The summed E-state index contributed by atoms with van der Waals surface area (Å²) in [5, 5.41) is 9.90. The van der Waals surface area contributed by atoms with E-state index in [1.54, 1.807) is 35.6 Å². The van der Waals surface area contributed by atoms with Gasteiger partial charge in [-0.2, -0.15) is 0 Å². The maximum absolute atomic E-state index is 12.3. The molecule has 29 heavy (non-hydrogen) atoms. The van der Waals surface area contributed by atoms with Crippen LogP contribution in [0.5, 0.6) is 0 Å². The van der Waals surface area contributed by atoms with Gasteiger partial charge in [0.05, 0.1) is 12.6 Å². The molecule has 2 N–H and O–H groups in total. The number of Topliss-reactive ketones (excluding diaryl/α,β-unsaturated/α-hetero) is 1. The van der Waals surface area contributed by atoms with Crippen molar-refractivity contribution in [2.24, 2.45) is 0 Å². The Hall–Kier alpha value is -0.770. The van der Waals surface area contributed by atoms with Gasteiger partial charge in [-0.25, -0.2) is 0 Å². The molecule has 0 radical (unpaired) electrons. The number of ether oxygens (including phenoxy) is 1. The Morgan fingerprint density at radius 3 is 2.45 bits per heavy atom. The van der Waals surface area contributed by atoms with Gasteiger partial charge in [0.15, 0.2) is 0 Å². The minimum atomic E-state index is 0.0611. The summed E-state index contributed by atoms with van der Waals surface area (Å²) in [7, 11) is 6.18. The summed E-state index contributed by atoms with van der Waals surface area (Å²) < 4.78 is 5.20. The Bertz CT molecular complexity index is 466. The zero-order chi connectivity index (χ0) is 21.9. The second kappa shape index (κ2) is 19.2. The number of carbonyl (C=O) groups is 3.